The molecule has 1 aromatic heterocycles. The summed E-state index contributed by atoms with van der Waals surface area (Å²) >= 11 is 0. The highest BCUT2D eigenvalue weighted by molar-refractivity contribution is 5.94. The molecule has 24 heavy (non-hydrogen) atoms. The van der Waals surface area contributed by atoms with Crippen LogP contribution in [0.5, 0.6) is 0 Å². The molecule has 0 saturated carbocycles. The van der Waals surface area contributed by atoms with Crippen molar-refractivity contribution in [3.63, 3.8) is 0 Å². The van der Waals surface area contributed by atoms with E-state index in [0.29, 0.717) is 18.1 Å². The molecule has 0 bridgehead atoms. The number of aliphatic imine (C=N–C) groups is 1. The molecule has 1 heterocycles. The maximum absolute atomic E-state index is 8.96. The smallest absolute Gasteiger partial charge is 0.211 e. The van der Waals surface area contributed by atoms with E-state index in [0.717, 1.165) is 29.9 Å². The summed E-state index contributed by atoms with van der Waals surface area (Å²) in [6, 6.07) is 7.50. The summed E-state index contributed by atoms with van der Waals surface area (Å²) in [4.78, 5) is 7.84. The summed E-state index contributed by atoms with van der Waals surface area (Å²) in [7, 11) is 0. The minimum atomic E-state index is 0.393. The van der Waals surface area contributed by atoms with Crippen molar-refractivity contribution in [3.8, 4) is 12.3 Å². The molecule has 0 fully saturated rings. The Hall–Kier alpha value is -3.32. The van der Waals surface area contributed by atoms with Crippen molar-refractivity contribution in [1.82, 2.24) is 14.9 Å². The Morgan fingerprint density at radius 1 is 1.33 bits per heavy atom. The Kier molecular flexibility index (Phi) is 5.93. The average Bonchev–Trinajstić information content (AvgIpc) is 2.97. The molecule has 0 aliphatic heterocycles. The summed E-state index contributed by atoms with van der Waals surface area (Å²) in [5, 5.41) is 24.0. The van der Waals surface area contributed by atoms with Gasteiger partial charge in [0.2, 0.25) is 12.2 Å². The van der Waals surface area contributed by atoms with Crippen molar-refractivity contribution in [2.24, 2.45) is 4.99 Å². The first-order valence-corrected chi connectivity index (χ1v) is 7.59. The lowest BCUT2D eigenvalue weighted by atomic mass is 10.1. The van der Waals surface area contributed by atoms with E-state index in [1.54, 1.807) is 24.7 Å². The second-order valence-electron chi connectivity index (χ2n) is 5.34. The zero-order valence-electron chi connectivity index (χ0n) is 13.7. The van der Waals surface area contributed by atoms with Gasteiger partial charge in [-0.05, 0) is 44.0 Å². The van der Waals surface area contributed by atoms with Crippen LogP contribution in [0.1, 0.15) is 23.2 Å². The van der Waals surface area contributed by atoms with Gasteiger partial charge in [0.25, 0.3) is 0 Å². The Morgan fingerprint density at radius 3 is 2.79 bits per heavy atom. The third-order valence-electron chi connectivity index (χ3n) is 3.56. The van der Waals surface area contributed by atoms with E-state index in [2.05, 4.69) is 31.2 Å². The number of hydrogen-bond donors (Lipinski definition) is 2. The van der Waals surface area contributed by atoms with Gasteiger partial charge >= 0.3 is 0 Å². The summed E-state index contributed by atoms with van der Waals surface area (Å²) in [6.07, 6.45) is 6.28. The molecule has 2 aromatic rings. The molecular weight excluding hydrogens is 302 g/mol. The van der Waals surface area contributed by atoms with Gasteiger partial charge in [-0.2, -0.15) is 10.5 Å². The number of nitriles is 2. The van der Waals surface area contributed by atoms with Crippen LogP contribution in [0.25, 0.3) is 0 Å². The number of rotatable bonds is 5. The predicted octanol–water partition coefficient (Wildman–Crippen LogP) is 2.30. The van der Waals surface area contributed by atoms with Gasteiger partial charge < -0.3 is 15.2 Å². The van der Waals surface area contributed by atoms with Gasteiger partial charge in [-0.25, -0.2) is 4.98 Å². The van der Waals surface area contributed by atoms with E-state index in [-0.39, 0.29) is 0 Å². The first-order valence-electron chi connectivity index (χ1n) is 7.59. The van der Waals surface area contributed by atoms with Crippen molar-refractivity contribution < 1.29 is 0 Å². The van der Waals surface area contributed by atoms with Gasteiger partial charge in [-0.1, -0.05) is 0 Å². The van der Waals surface area contributed by atoms with Crippen LogP contribution in [0.4, 0.5) is 5.69 Å². The fourth-order valence-corrected chi connectivity index (χ4v) is 2.24. The molecule has 0 unspecified atom stereocenters. The summed E-state index contributed by atoms with van der Waals surface area (Å²) in [6.45, 7) is 5.39. The molecule has 122 valence electrons. The fourth-order valence-electron chi connectivity index (χ4n) is 2.24. The minimum Gasteiger partial charge on any atom is -0.355 e. The quantitative estimate of drug-likeness (QED) is 0.381. The van der Waals surface area contributed by atoms with Crippen LogP contribution in [0.2, 0.25) is 0 Å². The van der Waals surface area contributed by atoms with E-state index < -0.39 is 0 Å². The van der Waals surface area contributed by atoms with Gasteiger partial charge in [-0.3, -0.25) is 0 Å². The molecule has 7 nitrogen and oxygen atoms in total. The number of imidazole rings is 1. The second kappa shape index (κ2) is 8.35. The third-order valence-corrected chi connectivity index (χ3v) is 3.56. The lowest BCUT2D eigenvalue weighted by molar-refractivity contribution is 0.619. The molecule has 0 saturated heterocycles. The van der Waals surface area contributed by atoms with Crippen LogP contribution in [-0.4, -0.2) is 22.1 Å². The van der Waals surface area contributed by atoms with Crippen LogP contribution in [-0.2, 0) is 6.54 Å². The zero-order valence-corrected chi connectivity index (χ0v) is 13.7. The number of benzene rings is 1. The highest BCUT2D eigenvalue weighted by Crippen LogP contribution is 2.14. The van der Waals surface area contributed by atoms with Crippen molar-refractivity contribution >= 4 is 11.6 Å². The zero-order chi connectivity index (χ0) is 17.4. The van der Waals surface area contributed by atoms with E-state index >= 15 is 0 Å². The first kappa shape index (κ1) is 17.0. The molecule has 0 radical (unpaired) electrons. The largest absolute Gasteiger partial charge is 0.355 e. The highest BCUT2D eigenvalue weighted by atomic mass is 15.2. The Balaban J connectivity index is 1.89. The molecule has 0 atom stereocenters. The van der Waals surface area contributed by atoms with Crippen LogP contribution in [0.15, 0.2) is 35.7 Å². The van der Waals surface area contributed by atoms with E-state index in [1.165, 1.54) is 0 Å². The Bertz CT molecular complexity index is 805. The summed E-state index contributed by atoms with van der Waals surface area (Å²) < 4.78 is 2.07. The molecule has 0 amide bonds. The predicted molar refractivity (Wildman–Crippen MR) is 92.1 cm³/mol. The molecule has 7 heteroatoms. The lowest BCUT2D eigenvalue weighted by Crippen LogP contribution is -2.31. The van der Waals surface area contributed by atoms with Gasteiger partial charge in [0.1, 0.15) is 0 Å². The Morgan fingerprint density at radius 2 is 2.17 bits per heavy atom. The van der Waals surface area contributed by atoms with Gasteiger partial charge in [0, 0.05) is 30.7 Å². The van der Waals surface area contributed by atoms with Crippen LogP contribution < -0.4 is 10.6 Å². The summed E-state index contributed by atoms with van der Waals surface area (Å²) in [5.74, 6) is 0.393. The Labute approximate surface area is 141 Å². The SMILES string of the molecule is Cc1cc(N/C(=N\C#N)NCCCn2cncc2C)ccc1C#N. The van der Waals surface area contributed by atoms with Gasteiger partial charge in [0.15, 0.2) is 0 Å². The number of aromatic nitrogens is 2. The maximum Gasteiger partial charge on any atom is 0.211 e. The monoisotopic (exact) mass is 321 g/mol. The van der Waals surface area contributed by atoms with Crippen molar-refractivity contribution in [2.45, 2.75) is 26.8 Å². The van der Waals surface area contributed by atoms with Crippen LogP contribution in [0, 0.1) is 36.6 Å². The number of nitrogens with zero attached hydrogens (tertiary/aromatic N) is 5. The average molecular weight is 321 g/mol. The molecule has 0 aliphatic carbocycles. The highest BCUT2D eigenvalue weighted by Gasteiger charge is 2.03. The van der Waals surface area contributed by atoms with Crippen molar-refractivity contribution in [2.75, 3.05) is 11.9 Å². The third kappa shape index (κ3) is 4.59. The fraction of sp³-hybridized carbons (Fsp3) is 0.294. The van der Waals surface area contributed by atoms with E-state index in [4.69, 9.17) is 10.5 Å². The van der Waals surface area contributed by atoms with Gasteiger partial charge in [0.05, 0.1) is 18.0 Å². The molecule has 2 N–H and O–H groups in total. The normalized spacial score (nSPS) is 10.8. The van der Waals surface area contributed by atoms with Crippen molar-refractivity contribution in [3.05, 3.63) is 47.5 Å². The summed E-state index contributed by atoms with van der Waals surface area (Å²) in [5.41, 5.74) is 3.39. The standard InChI is InChI=1S/C17H19N7/c1-13-8-16(5-4-15(13)9-18)23-17(22-11-19)21-6-3-7-24-12-20-10-14(24)2/h4-5,8,10,12H,3,6-7H2,1-2H3,(H2,21,22,23). The second-order valence-corrected chi connectivity index (χ2v) is 5.34. The molecule has 1 aromatic carbocycles. The molecular formula is C17H19N7. The minimum absolute atomic E-state index is 0.393. The molecule has 2 rings (SSSR count). The maximum atomic E-state index is 8.96. The lowest BCUT2D eigenvalue weighted by Gasteiger charge is -2.12. The molecule has 0 spiro atoms. The molecule has 0 aliphatic rings. The number of anilines is 1. The number of hydrogen-bond acceptors (Lipinski definition) is 4. The number of aryl methyl sites for hydroxylation is 3. The number of nitrogens with one attached hydrogen (secondary N) is 2. The van der Waals surface area contributed by atoms with Crippen molar-refractivity contribution in [1.29, 1.82) is 10.5 Å². The van der Waals surface area contributed by atoms with Crippen LogP contribution in [0.3, 0.4) is 0 Å². The number of guanidine groups is 1. The topological polar surface area (TPSA) is 102 Å². The van der Waals surface area contributed by atoms with Crippen LogP contribution >= 0.6 is 0 Å². The van der Waals surface area contributed by atoms with E-state index in [1.807, 2.05) is 26.1 Å². The van der Waals surface area contributed by atoms with E-state index in [9.17, 15) is 0 Å². The first-order chi connectivity index (χ1) is 11.6. The van der Waals surface area contributed by atoms with Gasteiger partial charge in [-0.15, -0.1) is 4.99 Å².